The van der Waals surface area contributed by atoms with E-state index in [0.717, 1.165) is 17.0 Å². The van der Waals surface area contributed by atoms with Crippen molar-refractivity contribution in [2.45, 2.75) is 12.8 Å². The molecular weight excluding hydrogens is 268 g/mol. The zero-order valence-electron chi connectivity index (χ0n) is 9.53. The van der Waals surface area contributed by atoms with Crippen molar-refractivity contribution in [1.82, 2.24) is 9.88 Å². The van der Waals surface area contributed by atoms with Crippen LogP contribution in [0.2, 0.25) is 0 Å². The van der Waals surface area contributed by atoms with Crippen LogP contribution in [-0.4, -0.2) is 36.6 Å². The zero-order chi connectivity index (χ0) is 11.4. The number of piperidine rings is 1. The molecule has 0 aliphatic carbocycles. The summed E-state index contributed by atoms with van der Waals surface area (Å²) in [6.45, 7) is 3.19. The van der Waals surface area contributed by atoms with Gasteiger partial charge in [-0.05, 0) is 67.0 Å². The molecule has 4 heteroatoms. The average molecular weight is 285 g/mol. The van der Waals surface area contributed by atoms with Gasteiger partial charge in [0, 0.05) is 0 Å². The molecule has 3 nitrogen and oxygen atoms in total. The van der Waals surface area contributed by atoms with Gasteiger partial charge >= 0.3 is 0 Å². The van der Waals surface area contributed by atoms with Crippen molar-refractivity contribution in [2.24, 2.45) is 5.92 Å². The molecule has 0 N–H and O–H groups in total. The Morgan fingerprint density at radius 1 is 1.44 bits per heavy atom. The highest BCUT2D eigenvalue weighted by atomic mass is 79.9. The highest BCUT2D eigenvalue weighted by molar-refractivity contribution is 9.10. The molecule has 0 saturated carbocycles. The summed E-state index contributed by atoms with van der Waals surface area (Å²) in [5, 5.41) is 0. The first-order valence-electron chi connectivity index (χ1n) is 5.67. The standard InChI is InChI=1S/C12H17BrN2O/c1-15-6-4-10(5-7-15)9-16-11-2-3-12(13)14-8-11/h2-3,8,10H,4-7,9H2,1H3. The smallest absolute Gasteiger partial charge is 0.137 e. The Labute approximate surface area is 105 Å². The second-order valence-corrected chi connectivity index (χ2v) is 5.19. The highest BCUT2D eigenvalue weighted by Gasteiger charge is 2.16. The van der Waals surface area contributed by atoms with Crippen molar-refractivity contribution < 1.29 is 4.74 Å². The normalized spacial score (nSPS) is 18.6. The van der Waals surface area contributed by atoms with E-state index in [2.05, 4.69) is 32.9 Å². The van der Waals surface area contributed by atoms with Gasteiger partial charge in [0.05, 0.1) is 12.8 Å². The summed E-state index contributed by atoms with van der Waals surface area (Å²) >= 11 is 3.31. The lowest BCUT2D eigenvalue weighted by Crippen LogP contribution is -2.32. The molecule has 2 rings (SSSR count). The van der Waals surface area contributed by atoms with Crippen LogP contribution in [0.4, 0.5) is 0 Å². The van der Waals surface area contributed by atoms with Crippen LogP contribution in [0.25, 0.3) is 0 Å². The van der Waals surface area contributed by atoms with Crippen molar-refractivity contribution in [1.29, 1.82) is 0 Å². The molecule has 0 aromatic carbocycles. The molecule has 1 fully saturated rings. The van der Waals surface area contributed by atoms with Gasteiger partial charge < -0.3 is 9.64 Å². The maximum absolute atomic E-state index is 5.73. The Hall–Kier alpha value is -0.610. The maximum Gasteiger partial charge on any atom is 0.137 e. The van der Waals surface area contributed by atoms with Crippen LogP contribution >= 0.6 is 15.9 Å². The zero-order valence-corrected chi connectivity index (χ0v) is 11.1. The van der Waals surface area contributed by atoms with Gasteiger partial charge in [0.25, 0.3) is 0 Å². The number of likely N-dealkylation sites (tertiary alicyclic amines) is 1. The molecule has 0 radical (unpaired) electrons. The van der Waals surface area contributed by atoms with Crippen LogP contribution in [-0.2, 0) is 0 Å². The summed E-state index contributed by atoms with van der Waals surface area (Å²) < 4.78 is 6.58. The molecule has 0 spiro atoms. The minimum absolute atomic E-state index is 0.694. The van der Waals surface area contributed by atoms with E-state index in [4.69, 9.17) is 4.74 Å². The van der Waals surface area contributed by atoms with Crippen LogP contribution in [0.1, 0.15) is 12.8 Å². The molecule has 16 heavy (non-hydrogen) atoms. The Morgan fingerprint density at radius 2 is 2.19 bits per heavy atom. The van der Waals surface area contributed by atoms with Gasteiger partial charge in [-0.2, -0.15) is 0 Å². The second kappa shape index (κ2) is 5.64. The Balaban J connectivity index is 1.77. The lowest BCUT2D eigenvalue weighted by atomic mass is 9.98. The highest BCUT2D eigenvalue weighted by Crippen LogP contribution is 2.18. The largest absolute Gasteiger partial charge is 0.492 e. The molecule has 1 saturated heterocycles. The summed E-state index contributed by atoms with van der Waals surface area (Å²) in [7, 11) is 2.18. The van der Waals surface area contributed by atoms with Gasteiger partial charge in [-0.15, -0.1) is 0 Å². The third-order valence-electron chi connectivity index (χ3n) is 3.02. The average Bonchev–Trinajstić information content (AvgIpc) is 2.30. The maximum atomic E-state index is 5.73. The monoisotopic (exact) mass is 284 g/mol. The predicted molar refractivity (Wildman–Crippen MR) is 67.7 cm³/mol. The molecule has 1 aliphatic heterocycles. The first-order valence-corrected chi connectivity index (χ1v) is 6.46. The van der Waals surface area contributed by atoms with Gasteiger partial charge in [-0.1, -0.05) is 0 Å². The molecule has 1 aliphatic rings. The Bertz CT molecular complexity index is 320. The number of nitrogens with zero attached hydrogens (tertiary/aromatic N) is 2. The number of ether oxygens (including phenoxy) is 1. The van der Waals surface area contributed by atoms with Crippen LogP contribution in [0.15, 0.2) is 22.9 Å². The van der Waals surface area contributed by atoms with E-state index in [-0.39, 0.29) is 0 Å². The SMILES string of the molecule is CN1CCC(COc2ccc(Br)nc2)CC1. The molecule has 0 atom stereocenters. The van der Waals surface area contributed by atoms with Crippen molar-refractivity contribution in [3.63, 3.8) is 0 Å². The third kappa shape index (κ3) is 3.46. The van der Waals surface area contributed by atoms with Crippen molar-refractivity contribution in [2.75, 3.05) is 26.7 Å². The summed E-state index contributed by atoms with van der Waals surface area (Å²) in [6.07, 6.45) is 4.24. The number of halogens is 1. The molecule has 88 valence electrons. The number of hydrogen-bond donors (Lipinski definition) is 0. The van der Waals surface area contributed by atoms with Gasteiger partial charge in [0.1, 0.15) is 10.4 Å². The first-order chi connectivity index (χ1) is 7.74. The molecule has 0 bridgehead atoms. The fourth-order valence-electron chi connectivity index (χ4n) is 1.89. The lowest BCUT2D eigenvalue weighted by Gasteiger charge is -2.28. The van der Waals surface area contributed by atoms with Gasteiger partial charge in [0.15, 0.2) is 0 Å². The van der Waals surface area contributed by atoms with E-state index in [9.17, 15) is 0 Å². The molecule has 1 aromatic heterocycles. The lowest BCUT2D eigenvalue weighted by molar-refractivity contribution is 0.160. The summed E-state index contributed by atoms with van der Waals surface area (Å²) in [5.74, 6) is 1.56. The van der Waals surface area contributed by atoms with Crippen molar-refractivity contribution in [3.05, 3.63) is 22.9 Å². The minimum atomic E-state index is 0.694. The van der Waals surface area contributed by atoms with E-state index in [1.807, 2.05) is 12.1 Å². The van der Waals surface area contributed by atoms with Crippen molar-refractivity contribution in [3.8, 4) is 5.75 Å². The number of pyridine rings is 1. The van der Waals surface area contributed by atoms with E-state index in [1.165, 1.54) is 25.9 Å². The fourth-order valence-corrected chi connectivity index (χ4v) is 2.12. The van der Waals surface area contributed by atoms with E-state index in [0.29, 0.717) is 5.92 Å². The van der Waals surface area contributed by atoms with E-state index in [1.54, 1.807) is 6.20 Å². The second-order valence-electron chi connectivity index (χ2n) is 4.37. The minimum Gasteiger partial charge on any atom is -0.492 e. The van der Waals surface area contributed by atoms with Crippen LogP contribution in [0.5, 0.6) is 5.75 Å². The molecule has 0 amide bonds. The quantitative estimate of drug-likeness (QED) is 0.798. The summed E-state index contributed by atoms with van der Waals surface area (Å²) in [6, 6.07) is 3.86. The molecule has 0 unspecified atom stereocenters. The van der Waals surface area contributed by atoms with Crippen molar-refractivity contribution >= 4 is 15.9 Å². The topological polar surface area (TPSA) is 25.4 Å². The first kappa shape index (κ1) is 11.9. The van der Waals surface area contributed by atoms with Gasteiger partial charge in [-0.3, -0.25) is 0 Å². The van der Waals surface area contributed by atoms with Crippen LogP contribution in [0.3, 0.4) is 0 Å². The number of hydrogen-bond acceptors (Lipinski definition) is 3. The Morgan fingerprint density at radius 3 is 2.81 bits per heavy atom. The van der Waals surface area contributed by atoms with E-state index >= 15 is 0 Å². The van der Waals surface area contributed by atoms with E-state index < -0.39 is 0 Å². The third-order valence-corrected chi connectivity index (χ3v) is 3.49. The van der Waals surface area contributed by atoms with Gasteiger partial charge in [-0.25, -0.2) is 4.98 Å². The molecular formula is C12H17BrN2O. The van der Waals surface area contributed by atoms with Crippen LogP contribution in [0, 0.1) is 5.92 Å². The molecule has 2 heterocycles. The number of rotatable bonds is 3. The molecule has 1 aromatic rings. The fraction of sp³-hybridized carbons (Fsp3) is 0.583. The number of aromatic nitrogens is 1. The summed E-state index contributed by atoms with van der Waals surface area (Å²) in [4.78, 5) is 6.51. The van der Waals surface area contributed by atoms with Crippen LogP contribution < -0.4 is 4.74 Å². The Kier molecular flexibility index (Phi) is 4.18. The predicted octanol–water partition coefficient (Wildman–Crippen LogP) is 2.56. The summed E-state index contributed by atoms with van der Waals surface area (Å²) in [5.41, 5.74) is 0. The van der Waals surface area contributed by atoms with Gasteiger partial charge in [0.2, 0.25) is 0 Å².